The molecule has 7 nitrogen and oxygen atoms in total. The van der Waals surface area contributed by atoms with Gasteiger partial charge >= 0.3 is 0 Å². The summed E-state index contributed by atoms with van der Waals surface area (Å²) >= 11 is 0. The van der Waals surface area contributed by atoms with Gasteiger partial charge in [0, 0.05) is 13.5 Å². The number of rotatable bonds is 7. The van der Waals surface area contributed by atoms with Gasteiger partial charge in [-0.25, -0.2) is 13.1 Å². The predicted octanol–water partition coefficient (Wildman–Crippen LogP) is 2.80. The van der Waals surface area contributed by atoms with Crippen LogP contribution in [0.3, 0.4) is 0 Å². The third-order valence-electron chi connectivity index (χ3n) is 3.35. The molecule has 0 unspecified atom stereocenters. The Morgan fingerprint density at radius 2 is 1.92 bits per heavy atom. The molecule has 1 aromatic heterocycles. The number of nitrogens with one attached hydrogen (secondary N) is 2. The van der Waals surface area contributed by atoms with Crippen LogP contribution in [0, 0.1) is 6.92 Å². The first-order valence-corrected chi connectivity index (χ1v) is 9.33. The van der Waals surface area contributed by atoms with Gasteiger partial charge in [0.15, 0.2) is 5.76 Å². The van der Waals surface area contributed by atoms with Gasteiger partial charge in [-0.2, -0.15) is 0 Å². The maximum atomic E-state index is 12.0. The van der Waals surface area contributed by atoms with Gasteiger partial charge in [0.2, 0.25) is 15.9 Å². The van der Waals surface area contributed by atoms with Crippen molar-refractivity contribution in [2.75, 3.05) is 11.9 Å². The van der Waals surface area contributed by atoms with E-state index in [1.807, 2.05) is 6.92 Å². The van der Waals surface area contributed by atoms with Crippen LogP contribution in [0.1, 0.15) is 37.3 Å². The summed E-state index contributed by atoms with van der Waals surface area (Å²) in [4.78, 5) is 11.4. The lowest BCUT2D eigenvalue weighted by molar-refractivity contribution is -0.114. The second-order valence-corrected chi connectivity index (χ2v) is 7.26. The normalized spacial score (nSPS) is 11.8. The van der Waals surface area contributed by atoms with Crippen LogP contribution in [0.4, 0.5) is 5.69 Å². The largest absolute Gasteiger partial charge is 0.354 e. The molecule has 0 aliphatic rings. The van der Waals surface area contributed by atoms with E-state index in [2.05, 4.69) is 15.2 Å². The number of nitrogens with zero attached hydrogens (tertiary/aromatic N) is 1. The second kappa shape index (κ2) is 8.09. The zero-order valence-electron chi connectivity index (χ0n) is 14.4. The number of aromatic nitrogens is 1. The Hall–Kier alpha value is -2.45. The van der Waals surface area contributed by atoms with Crippen LogP contribution < -0.4 is 10.0 Å². The molecule has 2 N–H and O–H groups in total. The summed E-state index contributed by atoms with van der Waals surface area (Å²) in [5, 5.41) is 6.50. The maximum absolute atomic E-state index is 12.0. The summed E-state index contributed by atoms with van der Waals surface area (Å²) in [5.41, 5.74) is 1.89. The Balaban J connectivity index is 2.17. The molecule has 1 heterocycles. The number of amides is 1. The summed E-state index contributed by atoms with van der Waals surface area (Å²) < 4.78 is 31.8. The molecule has 0 aliphatic heterocycles. The molecule has 8 heteroatoms. The monoisotopic (exact) mass is 363 g/mol. The Labute approximate surface area is 147 Å². The van der Waals surface area contributed by atoms with E-state index in [-0.39, 0.29) is 10.8 Å². The zero-order valence-corrected chi connectivity index (χ0v) is 15.2. The van der Waals surface area contributed by atoms with Crippen LogP contribution in [0.2, 0.25) is 0 Å². The number of benzene rings is 1. The number of anilines is 1. The first-order chi connectivity index (χ1) is 11.8. The molecule has 1 amide bonds. The fourth-order valence-corrected chi connectivity index (χ4v) is 3.21. The molecular formula is C17H21N3O4S. The van der Waals surface area contributed by atoms with Crippen molar-refractivity contribution in [3.63, 3.8) is 0 Å². The lowest BCUT2D eigenvalue weighted by Crippen LogP contribution is -2.24. The first-order valence-electron chi connectivity index (χ1n) is 7.85. The SMILES string of the molecule is CCCNS(=O)(=O)c1ccc(/C=C\c2onc(C)c2NC(C)=O)cc1. The van der Waals surface area contributed by atoms with Crippen molar-refractivity contribution in [1.82, 2.24) is 9.88 Å². The zero-order chi connectivity index (χ0) is 18.4. The molecule has 0 spiro atoms. The molecule has 1 aromatic carbocycles. The van der Waals surface area contributed by atoms with Crippen molar-refractivity contribution in [2.45, 2.75) is 32.1 Å². The highest BCUT2D eigenvalue weighted by Gasteiger charge is 2.13. The quantitative estimate of drug-likeness (QED) is 0.788. The summed E-state index contributed by atoms with van der Waals surface area (Å²) in [6.07, 6.45) is 4.15. The molecule has 0 radical (unpaired) electrons. The highest BCUT2D eigenvalue weighted by Crippen LogP contribution is 2.22. The van der Waals surface area contributed by atoms with E-state index in [4.69, 9.17) is 4.52 Å². The van der Waals surface area contributed by atoms with Crippen molar-refractivity contribution >= 4 is 33.8 Å². The Morgan fingerprint density at radius 1 is 1.24 bits per heavy atom. The topological polar surface area (TPSA) is 101 Å². The molecule has 0 bridgehead atoms. The van der Waals surface area contributed by atoms with Crippen LogP contribution in [-0.2, 0) is 14.8 Å². The number of aryl methyl sites for hydroxylation is 1. The summed E-state index contributed by atoms with van der Waals surface area (Å²) in [6, 6.07) is 6.46. The second-order valence-electron chi connectivity index (χ2n) is 5.49. The molecule has 2 rings (SSSR count). The molecule has 0 saturated carbocycles. The number of carbonyl (C=O) groups excluding carboxylic acids is 1. The van der Waals surface area contributed by atoms with Crippen molar-refractivity contribution in [3.05, 3.63) is 41.3 Å². The van der Waals surface area contributed by atoms with Crippen LogP contribution in [-0.4, -0.2) is 26.0 Å². The van der Waals surface area contributed by atoms with E-state index in [9.17, 15) is 13.2 Å². The van der Waals surface area contributed by atoms with Crippen LogP contribution in [0.25, 0.3) is 12.2 Å². The molecule has 134 valence electrons. The van der Waals surface area contributed by atoms with E-state index in [1.54, 1.807) is 31.2 Å². The molecule has 0 aliphatic carbocycles. The van der Waals surface area contributed by atoms with Crippen molar-refractivity contribution < 1.29 is 17.7 Å². The Kier molecular flexibility index (Phi) is 6.11. The lowest BCUT2D eigenvalue weighted by atomic mass is 10.2. The number of hydrogen-bond donors (Lipinski definition) is 2. The third-order valence-corrected chi connectivity index (χ3v) is 4.83. The fourth-order valence-electron chi connectivity index (χ4n) is 2.08. The number of hydrogen-bond acceptors (Lipinski definition) is 5. The van der Waals surface area contributed by atoms with Crippen molar-refractivity contribution in [1.29, 1.82) is 0 Å². The van der Waals surface area contributed by atoms with Crippen LogP contribution in [0.15, 0.2) is 33.7 Å². The fraction of sp³-hybridized carbons (Fsp3) is 0.294. The van der Waals surface area contributed by atoms with Crippen LogP contribution in [0.5, 0.6) is 0 Å². The molecule has 2 aromatic rings. The van der Waals surface area contributed by atoms with Crippen molar-refractivity contribution in [2.24, 2.45) is 0 Å². The van der Waals surface area contributed by atoms with E-state index in [0.29, 0.717) is 23.7 Å². The first kappa shape index (κ1) is 18.9. The summed E-state index contributed by atoms with van der Waals surface area (Å²) in [6.45, 7) is 5.44. The predicted molar refractivity (Wildman–Crippen MR) is 96.4 cm³/mol. The van der Waals surface area contributed by atoms with Gasteiger partial charge in [0.25, 0.3) is 0 Å². The number of sulfonamides is 1. The molecule has 0 atom stereocenters. The Morgan fingerprint density at radius 3 is 2.52 bits per heavy atom. The summed E-state index contributed by atoms with van der Waals surface area (Å²) in [5.74, 6) is 0.212. The molecule has 0 saturated heterocycles. The average Bonchev–Trinajstić information content (AvgIpc) is 2.91. The lowest BCUT2D eigenvalue weighted by Gasteiger charge is -2.05. The highest BCUT2D eigenvalue weighted by molar-refractivity contribution is 7.89. The van der Waals surface area contributed by atoms with Gasteiger partial charge < -0.3 is 9.84 Å². The summed E-state index contributed by atoms with van der Waals surface area (Å²) in [7, 11) is -3.47. The Bertz CT molecular complexity index is 868. The van der Waals surface area contributed by atoms with Gasteiger partial charge in [-0.15, -0.1) is 0 Å². The van der Waals surface area contributed by atoms with E-state index in [1.165, 1.54) is 19.1 Å². The molecule has 0 fully saturated rings. The third kappa shape index (κ3) is 5.01. The van der Waals surface area contributed by atoms with Gasteiger partial charge in [-0.3, -0.25) is 4.79 Å². The highest BCUT2D eigenvalue weighted by atomic mass is 32.2. The standard InChI is InChI=1S/C17H21N3O4S/c1-4-11-18-25(22,23)15-8-5-14(6-9-15)7-10-16-17(19-13(3)21)12(2)20-24-16/h5-10,18H,4,11H2,1-3H3,(H,19,21)/b10-7-. The smallest absolute Gasteiger partial charge is 0.240 e. The van der Waals surface area contributed by atoms with Gasteiger partial charge in [0.05, 0.1) is 4.90 Å². The van der Waals surface area contributed by atoms with E-state index in [0.717, 1.165) is 12.0 Å². The maximum Gasteiger partial charge on any atom is 0.240 e. The van der Waals surface area contributed by atoms with Crippen LogP contribution >= 0.6 is 0 Å². The average molecular weight is 363 g/mol. The number of carbonyl (C=O) groups is 1. The minimum absolute atomic E-state index is 0.213. The van der Waals surface area contributed by atoms with Gasteiger partial charge in [-0.05, 0) is 37.1 Å². The molecular weight excluding hydrogens is 342 g/mol. The minimum atomic E-state index is -3.47. The molecule has 25 heavy (non-hydrogen) atoms. The van der Waals surface area contributed by atoms with E-state index < -0.39 is 10.0 Å². The van der Waals surface area contributed by atoms with E-state index >= 15 is 0 Å². The van der Waals surface area contributed by atoms with Gasteiger partial charge in [-0.1, -0.05) is 30.3 Å². The van der Waals surface area contributed by atoms with Crippen molar-refractivity contribution in [3.8, 4) is 0 Å². The van der Waals surface area contributed by atoms with Gasteiger partial charge in [0.1, 0.15) is 11.4 Å². The minimum Gasteiger partial charge on any atom is -0.354 e.